The van der Waals surface area contributed by atoms with Crippen molar-refractivity contribution in [1.82, 2.24) is 4.72 Å². The van der Waals surface area contributed by atoms with Gasteiger partial charge in [-0.25, -0.2) is 17.5 Å². The first-order valence-electron chi connectivity index (χ1n) is 6.59. The molecule has 3 N–H and O–H groups in total. The molecule has 0 bridgehead atoms. The molecule has 0 aliphatic carbocycles. The number of methoxy groups -OCH3 is 1. The lowest BCUT2D eigenvalue weighted by Gasteiger charge is -2.08. The highest BCUT2D eigenvalue weighted by Crippen LogP contribution is 2.17. The monoisotopic (exact) mass is 320 g/mol. The Hall–Kier alpha value is -1.22. The lowest BCUT2D eigenvalue weighted by atomic mass is 10.3. The molecular formula is C13H21FN2O4S. The van der Waals surface area contributed by atoms with Gasteiger partial charge in [0.05, 0.1) is 13.2 Å². The molecule has 0 atom stereocenters. The first kappa shape index (κ1) is 17.8. The van der Waals surface area contributed by atoms with Gasteiger partial charge in [0, 0.05) is 25.9 Å². The van der Waals surface area contributed by atoms with Gasteiger partial charge in [0.25, 0.3) is 0 Å². The van der Waals surface area contributed by atoms with E-state index < -0.39 is 20.7 Å². The number of nitrogen functional groups attached to an aromatic ring is 1. The molecule has 21 heavy (non-hydrogen) atoms. The van der Waals surface area contributed by atoms with Crippen molar-refractivity contribution in [2.24, 2.45) is 0 Å². The summed E-state index contributed by atoms with van der Waals surface area (Å²) in [4.78, 5) is -0.432. The minimum absolute atomic E-state index is 0.198. The summed E-state index contributed by atoms with van der Waals surface area (Å²) in [6, 6.07) is 3.45. The normalized spacial score (nSPS) is 11.7. The molecular weight excluding hydrogens is 299 g/mol. The van der Waals surface area contributed by atoms with Crippen molar-refractivity contribution < 1.29 is 22.3 Å². The van der Waals surface area contributed by atoms with Crippen LogP contribution in [-0.2, 0) is 19.5 Å². The van der Waals surface area contributed by atoms with Crippen LogP contribution in [0, 0.1) is 5.82 Å². The summed E-state index contributed by atoms with van der Waals surface area (Å²) in [6.45, 7) is 1.78. The number of halogens is 1. The lowest BCUT2D eigenvalue weighted by molar-refractivity contribution is 0.0689. The summed E-state index contributed by atoms with van der Waals surface area (Å²) in [5.41, 5.74) is 5.67. The Morgan fingerprint density at radius 2 is 2.00 bits per heavy atom. The first-order valence-corrected chi connectivity index (χ1v) is 8.07. The second kappa shape index (κ2) is 8.93. The number of benzene rings is 1. The number of unbranched alkanes of at least 4 members (excludes halogenated alkanes) is 1. The van der Waals surface area contributed by atoms with Crippen molar-refractivity contribution in [2.45, 2.75) is 17.7 Å². The van der Waals surface area contributed by atoms with Crippen molar-refractivity contribution >= 4 is 15.7 Å². The van der Waals surface area contributed by atoms with E-state index in [4.69, 9.17) is 15.2 Å². The number of rotatable bonds is 10. The molecule has 1 aromatic rings. The fourth-order valence-corrected chi connectivity index (χ4v) is 2.77. The maximum atomic E-state index is 13.5. The molecule has 0 fully saturated rings. The van der Waals surface area contributed by atoms with Crippen LogP contribution in [-0.4, -0.2) is 41.9 Å². The van der Waals surface area contributed by atoms with Gasteiger partial charge in [-0.3, -0.25) is 0 Å². The van der Waals surface area contributed by atoms with Gasteiger partial charge in [-0.1, -0.05) is 0 Å². The van der Waals surface area contributed by atoms with Crippen molar-refractivity contribution in [2.75, 3.05) is 39.2 Å². The summed E-state index contributed by atoms with van der Waals surface area (Å²) < 4.78 is 49.8. The third-order valence-corrected chi connectivity index (χ3v) is 4.16. The van der Waals surface area contributed by atoms with Crippen LogP contribution in [0.3, 0.4) is 0 Å². The van der Waals surface area contributed by atoms with E-state index in [0.717, 1.165) is 12.1 Å². The summed E-state index contributed by atoms with van der Waals surface area (Å²) in [5, 5.41) is 0. The number of sulfonamides is 1. The Morgan fingerprint density at radius 1 is 1.24 bits per heavy atom. The quantitative estimate of drug-likeness (QED) is 0.498. The van der Waals surface area contributed by atoms with Gasteiger partial charge in [-0.15, -0.1) is 0 Å². The largest absolute Gasteiger partial charge is 0.399 e. The Bertz CT molecular complexity index is 537. The topological polar surface area (TPSA) is 90.6 Å². The average Bonchev–Trinajstić information content (AvgIpc) is 2.44. The molecule has 0 saturated carbocycles. The average molecular weight is 320 g/mol. The molecule has 0 aliphatic rings. The number of hydrogen-bond acceptors (Lipinski definition) is 5. The lowest BCUT2D eigenvalue weighted by Crippen LogP contribution is -2.26. The molecule has 0 radical (unpaired) electrons. The summed E-state index contributed by atoms with van der Waals surface area (Å²) in [5.74, 6) is -0.820. The number of nitrogens with two attached hydrogens (primary N) is 1. The van der Waals surface area contributed by atoms with Crippen LogP contribution >= 0.6 is 0 Å². The van der Waals surface area contributed by atoms with Gasteiger partial charge in [-0.2, -0.15) is 0 Å². The van der Waals surface area contributed by atoms with Gasteiger partial charge in [0.15, 0.2) is 0 Å². The van der Waals surface area contributed by atoms with Crippen LogP contribution < -0.4 is 10.5 Å². The van der Waals surface area contributed by atoms with Crippen molar-refractivity contribution in [3.05, 3.63) is 24.0 Å². The highest BCUT2D eigenvalue weighted by molar-refractivity contribution is 7.89. The number of hydrogen-bond donors (Lipinski definition) is 2. The number of ether oxygens (including phenoxy) is 2. The molecule has 0 aromatic heterocycles. The SMILES string of the molecule is COCCOCCCCNS(=O)(=O)c1cc(N)ccc1F. The first-order chi connectivity index (χ1) is 9.97. The second-order valence-electron chi connectivity index (χ2n) is 4.40. The molecule has 0 amide bonds. The zero-order valence-corrected chi connectivity index (χ0v) is 12.8. The molecule has 120 valence electrons. The van der Waals surface area contributed by atoms with Crippen molar-refractivity contribution in [3.63, 3.8) is 0 Å². The molecule has 0 unspecified atom stereocenters. The Morgan fingerprint density at radius 3 is 2.71 bits per heavy atom. The van der Waals surface area contributed by atoms with E-state index >= 15 is 0 Å². The van der Waals surface area contributed by atoms with Crippen LogP contribution in [0.15, 0.2) is 23.1 Å². The summed E-state index contributed by atoms with van der Waals surface area (Å²) in [7, 11) is -2.29. The van der Waals surface area contributed by atoms with Crippen LogP contribution in [0.25, 0.3) is 0 Å². The maximum Gasteiger partial charge on any atom is 0.243 e. The van der Waals surface area contributed by atoms with Gasteiger partial charge in [0.2, 0.25) is 10.0 Å². The van der Waals surface area contributed by atoms with Gasteiger partial charge >= 0.3 is 0 Å². The minimum Gasteiger partial charge on any atom is -0.399 e. The third kappa shape index (κ3) is 6.38. The molecule has 1 aromatic carbocycles. The molecule has 1 rings (SSSR count). The standard InChI is InChI=1S/C13H21FN2O4S/c1-19-8-9-20-7-3-2-6-16-21(17,18)13-10-11(15)4-5-12(13)14/h4-5,10,16H,2-3,6-9,15H2,1H3. The molecule has 0 saturated heterocycles. The highest BCUT2D eigenvalue weighted by Gasteiger charge is 2.18. The van der Waals surface area contributed by atoms with Crippen LogP contribution in [0.2, 0.25) is 0 Å². The fourth-order valence-electron chi connectivity index (χ4n) is 1.58. The van der Waals surface area contributed by atoms with Gasteiger partial charge < -0.3 is 15.2 Å². The highest BCUT2D eigenvalue weighted by atomic mass is 32.2. The molecule has 6 nitrogen and oxygen atoms in total. The van der Waals surface area contributed by atoms with E-state index in [1.54, 1.807) is 7.11 Å². The van der Waals surface area contributed by atoms with Crippen LogP contribution in [0.5, 0.6) is 0 Å². The van der Waals surface area contributed by atoms with Crippen molar-refractivity contribution in [1.29, 1.82) is 0 Å². The number of nitrogens with one attached hydrogen (secondary N) is 1. The van der Waals surface area contributed by atoms with Crippen molar-refractivity contribution in [3.8, 4) is 0 Å². The van der Waals surface area contributed by atoms with Crippen LogP contribution in [0.1, 0.15) is 12.8 Å². The van der Waals surface area contributed by atoms with E-state index in [2.05, 4.69) is 4.72 Å². The summed E-state index contributed by atoms with van der Waals surface area (Å²) in [6.07, 6.45) is 1.29. The van der Waals surface area contributed by atoms with E-state index in [0.29, 0.717) is 32.7 Å². The zero-order chi connectivity index (χ0) is 15.7. The summed E-state index contributed by atoms with van der Waals surface area (Å²) >= 11 is 0. The zero-order valence-electron chi connectivity index (χ0n) is 12.0. The van der Waals surface area contributed by atoms with E-state index in [1.807, 2.05) is 0 Å². The predicted molar refractivity (Wildman–Crippen MR) is 77.9 cm³/mol. The second-order valence-corrected chi connectivity index (χ2v) is 6.14. The number of anilines is 1. The smallest absolute Gasteiger partial charge is 0.243 e. The van der Waals surface area contributed by atoms with E-state index in [-0.39, 0.29) is 12.2 Å². The van der Waals surface area contributed by atoms with Gasteiger partial charge in [0.1, 0.15) is 10.7 Å². The fraction of sp³-hybridized carbons (Fsp3) is 0.538. The molecule has 0 heterocycles. The Kier molecular flexibility index (Phi) is 7.58. The maximum absolute atomic E-state index is 13.5. The van der Waals surface area contributed by atoms with Gasteiger partial charge in [-0.05, 0) is 31.0 Å². The van der Waals surface area contributed by atoms with Crippen LogP contribution in [0.4, 0.5) is 10.1 Å². The van der Waals surface area contributed by atoms with E-state index in [1.165, 1.54) is 6.07 Å². The van der Waals surface area contributed by atoms with E-state index in [9.17, 15) is 12.8 Å². The molecule has 8 heteroatoms. The Balaban J connectivity index is 2.35. The molecule has 0 spiro atoms. The predicted octanol–water partition coefficient (Wildman–Crippen LogP) is 1.13. The Labute approximate surface area is 124 Å². The molecule has 0 aliphatic heterocycles. The minimum atomic E-state index is -3.88. The third-order valence-electron chi connectivity index (χ3n) is 2.68.